The number of aromatic nitrogens is 1. The molecule has 0 atom stereocenters. The Morgan fingerprint density at radius 1 is 1.06 bits per heavy atom. The number of pyridine rings is 1. The largest absolute Gasteiger partial charge is 0.454 e. The van der Waals surface area contributed by atoms with E-state index >= 15 is 0 Å². The van der Waals surface area contributed by atoms with Crippen LogP contribution in [0.2, 0.25) is 0 Å². The molecule has 0 bridgehead atoms. The number of H-pyrrole nitrogens is 1. The maximum atomic E-state index is 12.9. The van der Waals surface area contributed by atoms with Gasteiger partial charge in [-0.05, 0) is 69.5 Å². The zero-order chi connectivity index (χ0) is 24.1. The van der Waals surface area contributed by atoms with E-state index in [9.17, 15) is 4.79 Å². The summed E-state index contributed by atoms with van der Waals surface area (Å²) in [6, 6.07) is 13.8. The lowest BCUT2D eigenvalue weighted by atomic mass is 10.1. The molecular weight excluding hydrogens is 448 g/mol. The molecule has 2 aromatic carbocycles. The highest BCUT2D eigenvalue weighted by atomic mass is 32.1. The molecule has 0 spiro atoms. The maximum Gasteiger partial charge on any atom is 0.253 e. The lowest BCUT2D eigenvalue weighted by Gasteiger charge is -2.27. The van der Waals surface area contributed by atoms with Crippen molar-refractivity contribution in [2.75, 3.05) is 38.3 Å². The number of benzene rings is 2. The number of nitrogens with one attached hydrogen (secondary N) is 2. The molecule has 2 heterocycles. The Morgan fingerprint density at radius 3 is 2.47 bits per heavy atom. The summed E-state index contributed by atoms with van der Waals surface area (Å²) in [5.74, 6) is 1.34. The van der Waals surface area contributed by atoms with Crippen molar-refractivity contribution in [3.63, 3.8) is 0 Å². The number of rotatable bonds is 9. The number of thiocarbonyl (C=S) groups is 1. The third-order valence-corrected chi connectivity index (χ3v) is 6.52. The molecule has 3 aromatic rings. The molecule has 0 amide bonds. The Bertz CT molecular complexity index is 1210. The van der Waals surface area contributed by atoms with Gasteiger partial charge in [-0.15, -0.1) is 0 Å². The SMILES string of the molecule is CCN(CC)CCCN(Cc1cc2cc3c(cc2[nH]c1=O)OCO3)C(=S)Nc1ccc(C)cc1. The van der Waals surface area contributed by atoms with Gasteiger partial charge in [0.1, 0.15) is 0 Å². The molecular formula is C26H32N4O3S. The Balaban J connectivity index is 1.56. The van der Waals surface area contributed by atoms with Crippen LogP contribution in [0.1, 0.15) is 31.4 Å². The normalized spacial score (nSPS) is 12.4. The number of aryl methyl sites for hydroxylation is 1. The lowest BCUT2D eigenvalue weighted by molar-refractivity contribution is 0.174. The zero-order valence-corrected chi connectivity index (χ0v) is 20.8. The fourth-order valence-electron chi connectivity index (χ4n) is 4.08. The number of nitrogens with zero attached hydrogens (tertiary/aromatic N) is 2. The zero-order valence-electron chi connectivity index (χ0n) is 20.0. The predicted octanol–water partition coefficient (Wildman–Crippen LogP) is 4.50. The minimum Gasteiger partial charge on any atom is -0.454 e. The molecule has 1 aliphatic heterocycles. The van der Waals surface area contributed by atoms with Crippen LogP contribution in [0, 0.1) is 6.92 Å². The third-order valence-electron chi connectivity index (χ3n) is 6.16. The number of fused-ring (bicyclic) bond motifs is 2. The van der Waals surface area contributed by atoms with Crippen molar-refractivity contribution in [3.8, 4) is 11.5 Å². The fourth-order valence-corrected chi connectivity index (χ4v) is 4.35. The molecule has 180 valence electrons. The minimum atomic E-state index is -0.127. The van der Waals surface area contributed by atoms with Gasteiger partial charge >= 0.3 is 0 Å². The Morgan fingerprint density at radius 2 is 1.76 bits per heavy atom. The van der Waals surface area contributed by atoms with Crippen molar-refractivity contribution >= 4 is 33.9 Å². The number of ether oxygens (including phenoxy) is 2. The monoisotopic (exact) mass is 480 g/mol. The molecule has 34 heavy (non-hydrogen) atoms. The van der Waals surface area contributed by atoms with Crippen LogP contribution in [-0.2, 0) is 6.54 Å². The Hall–Kier alpha value is -3.10. The van der Waals surface area contributed by atoms with Gasteiger partial charge in [-0.25, -0.2) is 0 Å². The van der Waals surface area contributed by atoms with E-state index in [-0.39, 0.29) is 12.4 Å². The first-order valence-electron chi connectivity index (χ1n) is 11.8. The maximum absolute atomic E-state index is 12.9. The molecule has 2 N–H and O–H groups in total. The molecule has 1 aromatic heterocycles. The van der Waals surface area contributed by atoms with E-state index in [0.29, 0.717) is 28.7 Å². The highest BCUT2D eigenvalue weighted by Crippen LogP contribution is 2.35. The second-order valence-corrected chi connectivity index (χ2v) is 8.90. The van der Waals surface area contributed by atoms with Crippen LogP contribution in [0.15, 0.2) is 47.3 Å². The Kier molecular flexibility index (Phi) is 7.70. The van der Waals surface area contributed by atoms with Crippen LogP contribution in [0.3, 0.4) is 0 Å². The van der Waals surface area contributed by atoms with Crippen LogP contribution < -0.4 is 20.3 Å². The lowest BCUT2D eigenvalue weighted by Crippen LogP contribution is -2.38. The van der Waals surface area contributed by atoms with Crippen LogP contribution >= 0.6 is 12.2 Å². The van der Waals surface area contributed by atoms with Crippen molar-refractivity contribution < 1.29 is 9.47 Å². The van der Waals surface area contributed by atoms with Gasteiger partial charge in [0.05, 0.1) is 12.1 Å². The van der Waals surface area contributed by atoms with Crippen molar-refractivity contribution in [3.05, 3.63) is 63.9 Å². The summed E-state index contributed by atoms with van der Waals surface area (Å²) < 4.78 is 10.9. The van der Waals surface area contributed by atoms with E-state index in [1.165, 1.54) is 5.56 Å². The summed E-state index contributed by atoms with van der Waals surface area (Å²) in [5, 5.41) is 4.85. The Labute approximate surface area is 205 Å². The van der Waals surface area contributed by atoms with Crippen molar-refractivity contribution in [1.29, 1.82) is 0 Å². The van der Waals surface area contributed by atoms with Crippen molar-refractivity contribution in [1.82, 2.24) is 14.8 Å². The van der Waals surface area contributed by atoms with E-state index < -0.39 is 0 Å². The van der Waals surface area contributed by atoms with Crippen LogP contribution in [0.25, 0.3) is 10.9 Å². The van der Waals surface area contributed by atoms with Crippen molar-refractivity contribution in [2.45, 2.75) is 33.7 Å². The molecule has 0 fully saturated rings. The highest BCUT2D eigenvalue weighted by Gasteiger charge is 2.18. The van der Waals surface area contributed by atoms with Gasteiger partial charge < -0.3 is 29.6 Å². The molecule has 7 nitrogen and oxygen atoms in total. The number of hydrogen-bond donors (Lipinski definition) is 2. The summed E-state index contributed by atoms with van der Waals surface area (Å²) in [6.45, 7) is 10.8. The van der Waals surface area contributed by atoms with Gasteiger partial charge in [-0.2, -0.15) is 0 Å². The van der Waals surface area contributed by atoms with Crippen LogP contribution in [0.5, 0.6) is 11.5 Å². The topological polar surface area (TPSA) is 69.8 Å². The third kappa shape index (κ3) is 5.69. The quantitative estimate of drug-likeness (QED) is 0.437. The van der Waals surface area contributed by atoms with Crippen LogP contribution in [-0.4, -0.2) is 52.9 Å². The predicted molar refractivity (Wildman–Crippen MR) is 141 cm³/mol. The molecule has 4 rings (SSSR count). The van der Waals surface area contributed by atoms with E-state index in [4.69, 9.17) is 21.7 Å². The molecule has 8 heteroatoms. The first-order chi connectivity index (χ1) is 16.5. The number of aromatic amines is 1. The molecule has 0 radical (unpaired) electrons. The summed E-state index contributed by atoms with van der Waals surface area (Å²) in [5.41, 5.74) is 3.38. The molecule has 0 saturated heterocycles. The van der Waals surface area contributed by atoms with Gasteiger partial charge in [-0.1, -0.05) is 31.5 Å². The van der Waals surface area contributed by atoms with Crippen LogP contribution in [0.4, 0.5) is 5.69 Å². The van der Waals surface area contributed by atoms with E-state index in [0.717, 1.165) is 49.2 Å². The smallest absolute Gasteiger partial charge is 0.253 e. The molecule has 0 saturated carbocycles. The van der Waals surface area contributed by atoms with Gasteiger partial charge in [0.15, 0.2) is 16.6 Å². The standard InChI is InChI=1S/C26H32N4O3S/c1-4-29(5-2)11-6-12-30(26(34)27-21-9-7-18(3)8-10-21)16-20-13-19-14-23-24(33-17-32-23)15-22(19)28-25(20)31/h7-10,13-15H,4-6,11-12,16-17H2,1-3H3,(H,27,34)(H,28,31). The average molecular weight is 481 g/mol. The average Bonchev–Trinajstić information content (AvgIpc) is 3.28. The summed E-state index contributed by atoms with van der Waals surface area (Å²) in [6.07, 6.45) is 0.946. The van der Waals surface area contributed by atoms with E-state index in [2.05, 4.69) is 40.9 Å². The van der Waals surface area contributed by atoms with Gasteiger partial charge in [0.2, 0.25) is 6.79 Å². The molecule has 0 aliphatic carbocycles. The highest BCUT2D eigenvalue weighted by molar-refractivity contribution is 7.80. The van der Waals surface area contributed by atoms with E-state index in [1.54, 1.807) is 0 Å². The van der Waals surface area contributed by atoms with Crippen molar-refractivity contribution in [2.24, 2.45) is 0 Å². The first-order valence-corrected chi connectivity index (χ1v) is 12.2. The summed E-state index contributed by atoms with van der Waals surface area (Å²) in [4.78, 5) is 20.4. The summed E-state index contributed by atoms with van der Waals surface area (Å²) >= 11 is 5.78. The van der Waals surface area contributed by atoms with Gasteiger partial charge in [0, 0.05) is 29.2 Å². The van der Waals surface area contributed by atoms with Gasteiger partial charge in [0.25, 0.3) is 5.56 Å². The van der Waals surface area contributed by atoms with E-state index in [1.807, 2.05) is 42.5 Å². The molecule has 0 unspecified atom stereocenters. The first kappa shape index (κ1) is 24.0. The molecule has 1 aliphatic rings. The number of hydrogen-bond acceptors (Lipinski definition) is 5. The second kappa shape index (κ2) is 10.9. The minimum absolute atomic E-state index is 0.127. The number of anilines is 1. The summed E-state index contributed by atoms with van der Waals surface area (Å²) in [7, 11) is 0. The van der Waals surface area contributed by atoms with Gasteiger partial charge in [-0.3, -0.25) is 4.79 Å². The fraction of sp³-hybridized carbons (Fsp3) is 0.385. The second-order valence-electron chi connectivity index (χ2n) is 8.51.